The average Bonchev–Trinajstić information content (AvgIpc) is 2.45. The fourth-order valence-corrected chi connectivity index (χ4v) is 1.15. The molecule has 0 unspecified atom stereocenters. The van der Waals surface area contributed by atoms with Crippen molar-refractivity contribution < 1.29 is 11.4 Å². The fourth-order valence-electron chi connectivity index (χ4n) is 1.15. The predicted molar refractivity (Wildman–Crippen MR) is 48.1 cm³/mol. The Labute approximate surface area is 71.2 Å². The number of nitrogens with one attached hydrogen (secondary N) is 1. The molecule has 0 radical (unpaired) electrons. The summed E-state index contributed by atoms with van der Waals surface area (Å²) in [6.07, 6.45) is 0. The van der Waals surface area contributed by atoms with Gasteiger partial charge in [0.1, 0.15) is 0 Å². The van der Waals surface area contributed by atoms with Crippen molar-refractivity contribution in [2.45, 2.75) is 0 Å². The van der Waals surface area contributed by atoms with Crippen molar-refractivity contribution in [3.63, 3.8) is 0 Å². The van der Waals surface area contributed by atoms with E-state index in [1.807, 2.05) is 12.1 Å². The van der Waals surface area contributed by atoms with Crippen LogP contribution >= 0.6 is 0 Å². The first-order valence-electron chi connectivity index (χ1n) is 4.13. The zero-order valence-corrected chi connectivity index (χ0v) is 6.28. The molecule has 3 N–H and O–H groups in total. The molecule has 2 aromatic rings. The third-order valence-corrected chi connectivity index (χ3v) is 1.72. The van der Waals surface area contributed by atoms with E-state index in [2.05, 4.69) is 4.98 Å². The molecule has 0 fully saturated rings. The molecular weight excluding hydrogens is 153 g/mol. The first-order chi connectivity index (χ1) is 6.20. The van der Waals surface area contributed by atoms with E-state index in [0.717, 1.165) is 5.52 Å². The SMILES string of the molecule is [3H]c1c(B(O)O)[nH]c2ccccc12. The Bertz CT molecular complexity index is 441. The molecule has 0 aliphatic rings. The molecule has 0 aliphatic heterocycles. The summed E-state index contributed by atoms with van der Waals surface area (Å²) in [4.78, 5) is 2.78. The van der Waals surface area contributed by atoms with Gasteiger partial charge in [0.25, 0.3) is 0 Å². The van der Waals surface area contributed by atoms with Gasteiger partial charge in [-0.25, -0.2) is 0 Å². The first kappa shape index (κ1) is 6.28. The predicted octanol–water partition coefficient (Wildman–Crippen LogP) is -0.152. The van der Waals surface area contributed by atoms with Crippen molar-refractivity contribution in [2.24, 2.45) is 0 Å². The molecule has 0 aliphatic carbocycles. The molecule has 0 amide bonds. The summed E-state index contributed by atoms with van der Waals surface area (Å²) in [5, 5.41) is 18.5. The zero-order valence-electron chi connectivity index (χ0n) is 7.28. The highest BCUT2D eigenvalue weighted by Gasteiger charge is 2.12. The Morgan fingerprint density at radius 3 is 2.75 bits per heavy atom. The number of benzene rings is 1. The molecule has 2 rings (SSSR count). The average molecular weight is 163 g/mol. The number of H-pyrrole nitrogens is 1. The van der Waals surface area contributed by atoms with Gasteiger partial charge >= 0.3 is 7.12 Å². The van der Waals surface area contributed by atoms with E-state index in [9.17, 15) is 0 Å². The number of hydrogen-bond acceptors (Lipinski definition) is 2. The summed E-state index contributed by atoms with van der Waals surface area (Å²) in [7, 11) is -1.61. The van der Waals surface area contributed by atoms with Gasteiger partial charge < -0.3 is 15.0 Å². The van der Waals surface area contributed by atoms with Crippen LogP contribution < -0.4 is 5.59 Å². The maximum Gasteiger partial charge on any atom is 0.505 e. The summed E-state index contributed by atoms with van der Waals surface area (Å²) in [6.45, 7) is 0. The van der Waals surface area contributed by atoms with E-state index in [1.54, 1.807) is 12.1 Å². The van der Waals surface area contributed by atoms with Gasteiger partial charge in [-0.3, -0.25) is 0 Å². The molecule has 4 heteroatoms. The second-order valence-electron chi connectivity index (χ2n) is 2.58. The van der Waals surface area contributed by atoms with Crippen LogP contribution in [0.5, 0.6) is 0 Å². The largest absolute Gasteiger partial charge is 0.505 e. The Morgan fingerprint density at radius 1 is 1.33 bits per heavy atom. The molecule has 1 aromatic carbocycles. The maximum absolute atomic E-state index is 8.91. The van der Waals surface area contributed by atoms with Crippen molar-refractivity contribution in [3.05, 3.63) is 30.3 Å². The van der Waals surface area contributed by atoms with Gasteiger partial charge in [0, 0.05) is 11.1 Å². The minimum Gasteiger partial charge on any atom is -0.422 e. The lowest BCUT2D eigenvalue weighted by atomic mass is 9.87. The molecule has 0 atom stereocenters. The summed E-state index contributed by atoms with van der Waals surface area (Å²) in [6, 6.07) is 7.33. The highest BCUT2D eigenvalue weighted by Crippen LogP contribution is 2.08. The Kier molecular flexibility index (Phi) is 1.39. The molecule has 3 nitrogen and oxygen atoms in total. The molecule has 1 heterocycles. The lowest BCUT2D eigenvalue weighted by Gasteiger charge is -1.89. The number of fused-ring (bicyclic) bond motifs is 1. The molecule has 60 valence electrons. The quantitative estimate of drug-likeness (QED) is 0.512. The van der Waals surface area contributed by atoms with Gasteiger partial charge in [0.05, 0.1) is 1.37 Å². The monoisotopic (exact) mass is 163 g/mol. The minimum atomic E-state index is -1.61. The van der Waals surface area contributed by atoms with Gasteiger partial charge in [0.15, 0.2) is 0 Å². The highest BCUT2D eigenvalue weighted by atomic mass is 16.4. The van der Waals surface area contributed by atoms with E-state index < -0.39 is 7.12 Å². The molecule has 0 bridgehead atoms. The normalized spacial score (nSPS) is 11.7. The van der Waals surface area contributed by atoms with Crippen LogP contribution in [0.2, 0.25) is 0 Å². The van der Waals surface area contributed by atoms with Crippen molar-refractivity contribution in [3.8, 4) is 0 Å². The Morgan fingerprint density at radius 2 is 2.08 bits per heavy atom. The second-order valence-corrected chi connectivity index (χ2v) is 2.58. The third-order valence-electron chi connectivity index (χ3n) is 1.72. The fraction of sp³-hybridized carbons (Fsp3) is 0. The van der Waals surface area contributed by atoms with Crippen molar-refractivity contribution in [1.29, 1.82) is 0 Å². The van der Waals surface area contributed by atoms with Crippen LogP contribution in [0, 0.1) is 0 Å². The third kappa shape index (κ3) is 1.11. The van der Waals surface area contributed by atoms with Crippen LogP contribution in [0.25, 0.3) is 10.9 Å². The van der Waals surface area contributed by atoms with Gasteiger partial charge in [-0.05, 0) is 17.5 Å². The standard InChI is InChI=1S/C8H8BNO2/c11-9(12)8-5-6-3-1-2-4-7(6)10-8/h1-5,10-12H/i5T. The van der Waals surface area contributed by atoms with Crippen LogP contribution in [-0.4, -0.2) is 22.2 Å². The van der Waals surface area contributed by atoms with E-state index >= 15 is 0 Å². The number of para-hydroxylation sites is 1. The van der Waals surface area contributed by atoms with E-state index in [4.69, 9.17) is 11.4 Å². The summed E-state index contributed by atoms with van der Waals surface area (Å²) in [5.41, 5.74) is 0.886. The van der Waals surface area contributed by atoms with Crippen molar-refractivity contribution in [1.82, 2.24) is 4.98 Å². The zero-order chi connectivity index (χ0) is 9.42. The van der Waals surface area contributed by atoms with E-state index in [1.165, 1.54) is 0 Å². The Balaban J connectivity index is 2.74. The number of rotatable bonds is 1. The second kappa shape index (κ2) is 2.66. The maximum atomic E-state index is 8.91. The summed E-state index contributed by atoms with van der Waals surface area (Å²) < 4.78 is 7.60. The molecule has 0 saturated carbocycles. The summed E-state index contributed by atoms with van der Waals surface area (Å²) in [5.74, 6) is 0. The highest BCUT2D eigenvalue weighted by molar-refractivity contribution is 6.58. The van der Waals surface area contributed by atoms with E-state index in [0.29, 0.717) is 5.39 Å². The lowest BCUT2D eigenvalue weighted by Crippen LogP contribution is -2.30. The van der Waals surface area contributed by atoms with Crippen LogP contribution in [0.15, 0.2) is 30.3 Å². The topological polar surface area (TPSA) is 56.2 Å². The van der Waals surface area contributed by atoms with E-state index in [-0.39, 0.29) is 11.6 Å². The van der Waals surface area contributed by atoms with Gasteiger partial charge in [-0.15, -0.1) is 0 Å². The van der Waals surface area contributed by atoms with Crippen molar-refractivity contribution in [2.75, 3.05) is 0 Å². The number of aromatic amines is 1. The number of hydrogen-bond donors (Lipinski definition) is 3. The first-order valence-corrected chi connectivity index (χ1v) is 3.63. The van der Waals surface area contributed by atoms with Crippen LogP contribution in [0.4, 0.5) is 0 Å². The summed E-state index contributed by atoms with van der Waals surface area (Å²) >= 11 is 0. The molecule has 0 saturated heterocycles. The van der Waals surface area contributed by atoms with Crippen LogP contribution in [0.3, 0.4) is 0 Å². The van der Waals surface area contributed by atoms with Gasteiger partial charge in [0.2, 0.25) is 0 Å². The number of aromatic nitrogens is 1. The lowest BCUT2D eigenvalue weighted by molar-refractivity contribution is 0.424. The van der Waals surface area contributed by atoms with Gasteiger partial charge in [-0.1, -0.05) is 18.2 Å². The van der Waals surface area contributed by atoms with Gasteiger partial charge in [-0.2, -0.15) is 0 Å². The molecule has 0 spiro atoms. The van der Waals surface area contributed by atoms with Crippen molar-refractivity contribution >= 4 is 23.6 Å². The minimum absolute atomic E-state index is 0.140. The smallest absolute Gasteiger partial charge is 0.422 e. The Hall–Kier alpha value is -1.26. The molecular formula is C8H8BNO2. The van der Waals surface area contributed by atoms with Crippen LogP contribution in [-0.2, 0) is 0 Å². The molecule has 1 aromatic heterocycles. The molecule has 12 heavy (non-hydrogen) atoms. The van der Waals surface area contributed by atoms with Crippen LogP contribution in [0.1, 0.15) is 1.37 Å².